The van der Waals surface area contributed by atoms with Crippen LogP contribution in [0.3, 0.4) is 0 Å². The Labute approximate surface area is 185 Å². The summed E-state index contributed by atoms with van der Waals surface area (Å²) in [7, 11) is 0. The van der Waals surface area contributed by atoms with E-state index in [9.17, 15) is 4.79 Å². The van der Waals surface area contributed by atoms with E-state index >= 15 is 0 Å². The number of hydrogen-bond acceptors (Lipinski definition) is 4. The normalized spacial score (nSPS) is 36.9. The van der Waals surface area contributed by atoms with Gasteiger partial charge in [-0.15, -0.1) is 0 Å². The van der Waals surface area contributed by atoms with Crippen molar-refractivity contribution in [2.24, 2.45) is 23.2 Å². The minimum atomic E-state index is 0.0244. The number of ether oxygens (including phenoxy) is 1. The third kappa shape index (κ3) is 3.67. The Kier molecular flexibility index (Phi) is 5.35. The van der Waals surface area contributed by atoms with Gasteiger partial charge in [-0.3, -0.25) is 9.69 Å². The van der Waals surface area contributed by atoms with Crippen LogP contribution in [-0.4, -0.2) is 49.7 Å². The predicted octanol–water partition coefficient (Wildman–Crippen LogP) is 4.78. The number of carbonyl (C=O) groups is 1. The molecule has 5 heteroatoms. The lowest BCUT2D eigenvalue weighted by Crippen LogP contribution is -2.50. The van der Waals surface area contributed by atoms with Crippen LogP contribution >= 0.6 is 11.6 Å². The van der Waals surface area contributed by atoms with E-state index in [1.807, 2.05) is 12.1 Å². The van der Waals surface area contributed by atoms with Crippen LogP contribution in [0.5, 0.6) is 0 Å². The number of fused-ring (bicyclic) bond motifs is 2. The van der Waals surface area contributed by atoms with Crippen molar-refractivity contribution in [3.05, 3.63) is 41.4 Å². The predicted molar refractivity (Wildman–Crippen MR) is 121 cm³/mol. The molecule has 1 aromatic rings. The van der Waals surface area contributed by atoms with Crippen molar-refractivity contribution >= 4 is 23.3 Å². The van der Waals surface area contributed by atoms with Gasteiger partial charge in [-0.25, -0.2) is 0 Å². The molecule has 0 spiro atoms. The fourth-order valence-corrected chi connectivity index (χ4v) is 6.71. The van der Waals surface area contributed by atoms with Crippen LogP contribution in [-0.2, 0) is 9.53 Å². The molecule has 0 bridgehead atoms. The average molecular weight is 429 g/mol. The zero-order valence-electron chi connectivity index (χ0n) is 18.0. The van der Waals surface area contributed by atoms with Crippen LogP contribution in [0.25, 0.3) is 0 Å². The molecule has 4 aliphatic rings. The summed E-state index contributed by atoms with van der Waals surface area (Å²) >= 11 is 6.02. The number of hydrogen-bond donors (Lipinski definition) is 0. The van der Waals surface area contributed by atoms with Crippen molar-refractivity contribution in [3.63, 3.8) is 0 Å². The number of benzene rings is 1. The van der Waals surface area contributed by atoms with Crippen molar-refractivity contribution in [1.29, 1.82) is 0 Å². The van der Waals surface area contributed by atoms with Crippen LogP contribution in [0, 0.1) is 23.2 Å². The summed E-state index contributed by atoms with van der Waals surface area (Å²) in [6.45, 7) is 11.6. The second-order valence-electron chi connectivity index (χ2n) is 10.2. The first kappa shape index (κ1) is 20.4. The molecule has 0 aromatic heterocycles. The highest BCUT2D eigenvalue weighted by molar-refractivity contribution is 6.30. The van der Waals surface area contributed by atoms with Crippen LogP contribution in [0.15, 0.2) is 36.4 Å². The van der Waals surface area contributed by atoms with Gasteiger partial charge < -0.3 is 9.64 Å². The molecule has 0 radical (unpaired) electrons. The number of esters is 1. The van der Waals surface area contributed by atoms with Crippen LogP contribution in [0.2, 0.25) is 5.02 Å². The number of carbonyl (C=O) groups excluding carboxylic acids is 1. The second kappa shape index (κ2) is 7.87. The highest BCUT2D eigenvalue weighted by atomic mass is 35.5. The minimum Gasteiger partial charge on any atom is -0.462 e. The Hall–Kier alpha value is -1.52. The van der Waals surface area contributed by atoms with E-state index in [-0.39, 0.29) is 23.4 Å². The van der Waals surface area contributed by atoms with Gasteiger partial charge in [0.05, 0.1) is 5.92 Å². The highest BCUT2D eigenvalue weighted by Gasteiger charge is 2.55. The Balaban J connectivity index is 1.22. The quantitative estimate of drug-likeness (QED) is 0.512. The van der Waals surface area contributed by atoms with Gasteiger partial charge in [0.1, 0.15) is 6.10 Å². The Bertz CT molecular complexity index is 817. The lowest BCUT2D eigenvalue weighted by Gasteiger charge is -2.50. The Morgan fingerprint density at radius 1 is 1.20 bits per heavy atom. The van der Waals surface area contributed by atoms with Gasteiger partial charge in [0.15, 0.2) is 0 Å². The van der Waals surface area contributed by atoms with Gasteiger partial charge in [0.25, 0.3) is 0 Å². The summed E-state index contributed by atoms with van der Waals surface area (Å²) in [6, 6.07) is 8.09. The first-order chi connectivity index (χ1) is 14.4. The van der Waals surface area contributed by atoms with Gasteiger partial charge in [-0.2, -0.15) is 0 Å². The maximum Gasteiger partial charge on any atom is 0.310 e. The van der Waals surface area contributed by atoms with Crippen LogP contribution in [0.4, 0.5) is 5.69 Å². The van der Waals surface area contributed by atoms with Gasteiger partial charge in [0, 0.05) is 49.4 Å². The summed E-state index contributed by atoms with van der Waals surface area (Å²) in [6.07, 6.45) is 5.86. The molecule has 0 unspecified atom stereocenters. The van der Waals surface area contributed by atoms with Crippen LogP contribution in [0.1, 0.15) is 39.0 Å². The molecule has 2 saturated heterocycles. The Morgan fingerprint density at radius 2 is 1.93 bits per heavy atom. The molecule has 4 nitrogen and oxygen atoms in total. The highest BCUT2D eigenvalue weighted by Crippen LogP contribution is 2.56. The number of nitrogens with zero attached hydrogens (tertiary/aromatic N) is 2. The van der Waals surface area contributed by atoms with E-state index < -0.39 is 0 Å². The fraction of sp³-hybridized carbons (Fsp3) is 0.640. The lowest BCUT2D eigenvalue weighted by molar-refractivity contribution is -0.146. The maximum absolute atomic E-state index is 12.8. The van der Waals surface area contributed by atoms with Crippen LogP contribution < -0.4 is 4.90 Å². The molecule has 5 atom stereocenters. The summed E-state index contributed by atoms with van der Waals surface area (Å²) in [5.41, 5.74) is 2.91. The monoisotopic (exact) mass is 428 g/mol. The molecule has 2 aliphatic heterocycles. The number of allylic oxidation sites excluding steroid dienone is 1. The molecule has 162 valence electrons. The van der Waals surface area contributed by atoms with E-state index in [1.165, 1.54) is 24.1 Å². The van der Waals surface area contributed by atoms with Crippen molar-refractivity contribution < 1.29 is 9.53 Å². The zero-order chi connectivity index (χ0) is 20.9. The molecule has 30 heavy (non-hydrogen) atoms. The van der Waals surface area contributed by atoms with Crippen molar-refractivity contribution in [1.82, 2.24) is 4.90 Å². The molecule has 1 aromatic carbocycles. The molecular weight excluding hydrogens is 396 g/mol. The number of halogens is 1. The smallest absolute Gasteiger partial charge is 0.310 e. The van der Waals surface area contributed by atoms with Gasteiger partial charge >= 0.3 is 5.97 Å². The average Bonchev–Trinajstić information content (AvgIpc) is 3.01. The SMILES string of the molecule is C=C1CCC[C@]2(C)C[C@H]3OC(=O)[C@@H](CN4CCN(c5ccc(Cl)cc5)CC4)[C@H]3C[C@H]12. The van der Waals surface area contributed by atoms with E-state index in [0.717, 1.165) is 57.0 Å². The number of anilines is 1. The number of rotatable bonds is 3. The minimum absolute atomic E-state index is 0.0244. The topological polar surface area (TPSA) is 32.8 Å². The zero-order valence-corrected chi connectivity index (χ0v) is 18.7. The molecule has 2 saturated carbocycles. The second-order valence-corrected chi connectivity index (χ2v) is 10.6. The van der Waals surface area contributed by atoms with Crippen molar-refractivity contribution in [3.8, 4) is 0 Å². The van der Waals surface area contributed by atoms with E-state index in [2.05, 4.69) is 35.4 Å². The van der Waals surface area contributed by atoms with Crippen molar-refractivity contribution in [2.45, 2.75) is 45.1 Å². The first-order valence-corrected chi connectivity index (χ1v) is 11.9. The first-order valence-electron chi connectivity index (χ1n) is 11.5. The van der Waals surface area contributed by atoms with E-state index in [4.69, 9.17) is 16.3 Å². The van der Waals surface area contributed by atoms with Gasteiger partial charge in [-0.1, -0.05) is 30.7 Å². The van der Waals surface area contributed by atoms with Gasteiger partial charge in [-0.05, 0) is 67.7 Å². The van der Waals surface area contributed by atoms with Crippen molar-refractivity contribution in [2.75, 3.05) is 37.6 Å². The largest absolute Gasteiger partial charge is 0.462 e. The molecule has 4 fully saturated rings. The van der Waals surface area contributed by atoms with Gasteiger partial charge in [0.2, 0.25) is 0 Å². The van der Waals surface area contributed by atoms with E-state index in [1.54, 1.807) is 0 Å². The summed E-state index contributed by atoms with van der Waals surface area (Å²) < 4.78 is 5.95. The molecular formula is C25H33ClN2O2. The third-order valence-electron chi connectivity index (χ3n) is 8.34. The third-order valence-corrected chi connectivity index (χ3v) is 8.59. The number of piperazine rings is 1. The maximum atomic E-state index is 12.8. The molecule has 0 amide bonds. The Morgan fingerprint density at radius 3 is 2.67 bits per heavy atom. The summed E-state index contributed by atoms with van der Waals surface area (Å²) in [5.74, 6) is 0.986. The fourth-order valence-electron chi connectivity index (χ4n) is 6.58. The standard InChI is InChI=1S/C25H33ClN2O2/c1-17-4-3-9-25(2)15-23-20(14-22(17)25)21(24(29)30-23)16-27-10-12-28(13-11-27)19-7-5-18(26)6-8-19/h5-8,20-23H,1,3-4,9-16H2,2H3/t20-,21+,22-,23-,25-/m1/s1. The molecule has 2 aliphatic carbocycles. The molecule has 2 heterocycles. The lowest BCUT2D eigenvalue weighted by atomic mass is 9.55. The molecule has 5 rings (SSSR count). The summed E-state index contributed by atoms with van der Waals surface area (Å²) in [4.78, 5) is 17.7. The molecule has 0 N–H and O–H groups in total. The van der Waals surface area contributed by atoms with E-state index in [0.29, 0.717) is 11.8 Å². The summed E-state index contributed by atoms with van der Waals surface area (Å²) in [5, 5.41) is 0.774.